The minimum absolute atomic E-state index is 0.0476. The Bertz CT molecular complexity index is 672. The Morgan fingerprint density at radius 3 is 3.12 bits per heavy atom. The summed E-state index contributed by atoms with van der Waals surface area (Å²) < 4.78 is 0. The number of rotatable bonds is 4. The summed E-state index contributed by atoms with van der Waals surface area (Å²) in [5.74, 6) is 0.493. The molecule has 0 spiro atoms. The van der Waals surface area contributed by atoms with Crippen LogP contribution >= 0.6 is 11.3 Å². The number of hydrogen-bond donors (Lipinski definition) is 2. The quantitative estimate of drug-likeness (QED) is 0.893. The van der Waals surface area contributed by atoms with Crippen molar-refractivity contribution in [3.05, 3.63) is 28.5 Å². The number of aromatic amines is 1. The lowest BCUT2D eigenvalue weighted by molar-refractivity contribution is -0.117. The largest absolute Gasteiger partial charge is 0.301 e. The smallest absolute Gasteiger partial charge is 0.240 e. The monoisotopic (exact) mass is 345 g/mol. The molecule has 1 amide bonds. The van der Waals surface area contributed by atoms with Crippen LogP contribution in [0.2, 0.25) is 0 Å². The predicted molar refractivity (Wildman–Crippen MR) is 94.4 cm³/mol. The summed E-state index contributed by atoms with van der Waals surface area (Å²) in [6, 6.07) is 2.04. The Balaban J connectivity index is 1.33. The third-order valence-electron chi connectivity index (χ3n) is 4.93. The van der Waals surface area contributed by atoms with Crippen LogP contribution in [0.5, 0.6) is 0 Å². The number of aromatic nitrogens is 3. The van der Waals surface area contributed by atoms with Crippen LogP contribution in [-0.2, 0) is 17.6 Å². The van der Waals surface area contributed by atoms with E-state index >= 15 is 0 Å². The number of anilines is 1. The van der Waals surface area contributed by atoms with Crippen molar-refractivity contribution in [2.24, 2.45) is 0 Å². The third-order valence-corrected chi connectivity index (χ3v) is 6.00. The van der Waals surface area contributed by atoms with Gasteiger partial charge >= 0.3 is 0 Å². The van der Waals surface area contributed by atoms with Crippen molar-refractivity contribution < 1.29 is 4.79 Å². The van der Waals surface area contributed by atoms with Gasteiger partial charge in [0.1, 0.15) is 0 Å². The van der Waals surface area contributed by atoms with Crippen LogP contribution in [-0.4, -0.2) is 45.6 Å². The molecule has 1 aliphatic heterocycles. The molecule has 2 aliphatic rings. The van der Waals surface area contributed by atoms with Gasteiger partial charge in [0.2, 0.25) is 5.91 Å². The zero-order valence-corrected chi connectivity index (χ0v) is 14.6. The molecular weight excluding hydrogens is 322 g/mol. The molecule has 2 aromatic rings. The number of nitrogens with zero attached hydrogens (tertiary/aromatic N) is 3. The maximum atomic E-state index is 12.4. The molecule has 1 unspecified atom stereocenters. The molecule has 3 heterocycles. The predicted octanol–water partition coefficient (Wildman–Crippen LogP) is 2.56. The van der Waals surface area contributed by atoms with Gasteiger partial charge in [0, 0.05) is 29.2 Å². The summed E-state index contributed by atoms with van der Waals surface area (Å²) in [6.45, 7) is 2.32. The molecule has 128 valence electrons. The van der Waals surface area contributed by atoms with E-state index in [1.807, 2.05) is 6.07 Å². The zero-order valence-electron chi connectivity index (χ0n) is 13.8. The fraction of sp³-hybridized carbons (Fsp3) is 0.588. The second-order valence-electron chi connectivity index (χ2n) is 6.73. The molecule has 0 aromatic carbocycles. The standard InChI is InChI=1S/C17H23N5OS/c23-16(20-17-19-14-5-1-2-6-15(14)24-17)11-22-9-3-4-12(10-22)13-7-8-18-21-13/h7-8,12H,1-6,9-11H2,(H,18,21)(H,19,20,23). The fourth-order valence-corrected chi connectivity index (χ4v) is 4.78. The summed E-state index contributed by atoms with van der Waals surface area (Å²) >= 11 is 1.65. The molecular formula is C17H23N5OS. The second kappa shape index (κ2) is 7.03. The first-order valence-corrected chi connectivity index (χ1v) is 9.59. The van der Waals surface area contributed by atoms with Crippen LogP contribution in [0.1, 0.15) is 47.9 Å². The number of likely N-dealkylation sites (tertiary alicyclic amines) is 1. The summed E-state index contributed by atoms with van der Waals surface area (Å²) in [6.07, 6.45) is 8.69. The van der Waals surface area contributed by atoms with Gasteiger partial charge in [-0.15, -0.1) is 11.3 Å². The Morgan fingerprint density at radius 2 is 2.29 bits per heavy atom. The van der Waals surface area contributed by atoms with Crippen molar-refractivity contribution in [3.8, 4) is 0 Å². The Hall–Kier alpha value is -1.73. The van der Waals surface area contributed by atoms with Gasteiger partial charge in [-0.3, -0.25) is 14.8 Å². The first-order chi connectivity index (χ1) is 11.8. The van der Waals surface area contributed by atoms with Gasteiger partial charge < -0.3 is 5.32 Å². The molecule has 24 heavy (non-hydrogen) atoms. The molecule has 0 bridgehead atoms. The minimum Gasteiger partial charge on any atom is -0.301 e. The minimum atomic E-state index is 0.0476. The lowest BCUT2D eigenvalue weighted by Crippen LogP contribution is -2.39. The van der Waals surface area contributed by atoms with E-state index in [2.05, 4.69) is 25.4 Å². The molecule has 1 aliphatic carbocycles. The third kappa shape index (κ3) is 3.52. The number of H-pyrrole nitrogens is 1. The Labute approximate surface area is 145 Å². The van der Waals surface area contributed by atoms with E-state index in [0.29, 0.717) is 12.5 Å². The molecule has 0 saturated carbocycles. The molecule has 1 fully saturated rings. The number of piperidine rings is 1. The zero-order chi connectivity index (χ0) is 16.4. The van der Waals surface area contributed by atoms with Crippen molar-refractivity contribution in [1.29, 1.82) is 0 Å². The average molecular weight is 345 g/mol. The highest BCUT2D eigenvalue weighted by atomic mass is 32.1. The van der Waals surface area contributed by atoms with Gasteiger partial charge in [-0.25, -0.2) is 4.98 Å². The molecule has 0 radical (unpaired) electrons. The number of carbonyl (C=O) groups excluding carboxylic acids is 1. The number of carbonyl (C=O) groups is 1. The lowest BCUT2D eigenvalue weighted by atomic mass is 9.95. The maximum Gasteiger partial charge on any atom is 0.240 e. The summed E-state index contributed by atoms with van der Waals surface area (Å²) in [7, 11) is 0. The molecule has 2 N–H and O–H groups in total. The molecule has 4 rings (SSSR count). The van der Waals surface area contributed by atoms with E-state index in [0.717, 1.165) is 43.9 Å². The van der Waals surface area contributed by atoms with Crippen molar-refractivity contribution in [3.63, 3.8) is 0 Å². The number of fused-ring (bicyclic) bond motifs is 1. The number of nitrogens with one attached hydrogen (secondary N) is 2. The van der Waals surface area contributed by atoms with Crippen molar-refractivity contribution in [2.45, 2.75) is 44.4 Å². The number of aryl methyl sites for hydroxylation is 2. The van der Waals surface area contributed by atoms with E-state index in [1.54, 1.807) is 17.5 Å². The van der Waals surface area contributed by atoms with Crippen molar-refractivity contribution >= 4 is 22.4 Å². The number of amides is 1. The summed E-state index contributed by atoms with van der Waals surface area (Å²) in [4.78, 5) is 20.6. The SMILES string of the molecule is O=C(CN1CCCC(c2ccn[nH]2)C1)Nc1nc2c(s1)CCCC2. The molecule has 1 atom stereocenters. The van der Waals surface area contributed by atoms with Crippen molar-refractivity contribution in [1.82, 2.24) is 20.1 Å². The second-order valence-corrected chi connectivity index (χ2v) is 7.81. The molecule has 2 aromatic heterocycles. The van der Waals surface area contributed by atoms with Crippen molar-refractivity contribution in [2.75, 3.05) is 25.0 Å². The molecule has 1 saturated heterocycles. The maximum absolute atomic E-state index is 12.4. The van der Waals surface area contributed by atoms with Crippen LogP contribution in [0.25, 0.3) is 0 Å². The highest BCUT2D eigenvalue weighted by Crippen LogP contribution is 2.29. The number of hydrogen-bond acceptors (Lipinski definition) is 5. The van der Waals surface area contributed by atoms with Gasteiger partial charge in [0.05, 0.1) is 12.2 Å². The summed E-state index contributed by atoms with van der Waals surface area (Å²) in [5.41, 5.74) is 2.37. The van der Waals surface area contributed by atoms with Crippen LogP contribution in [0.4, 0.5) is 5.13 Å². The Kier molecular flexibility index (Phi) is 4.62. The van der Waals surface area contributed by atoms with Crippen LogP contribution in [0.3, 0.4) is 0 Å². The summed E-state index contributed by atoms with van der Waals surface area (Å²) in [5, 5.41) is 10.9. The van der Waals surface area contributed by atoms with Gasteiger partial charge in [0.15, 0.2) is 5.13 Å². The molecule has 6 nitrogen and oxygen atoms in total. The molecule has 7 heteroatoms. The lowest BCUT2D eigenvalue weighted by Gasteiger charge is -2.31. The van der Waals surface area contributed by atoms with Gasteiger partial charge in [-0.2, -0.15) is 5.10 Å². The van der Waals surface area contributed by atoms with E-state index < -0.39 is 0 Å². The number of thiazole rings is 1. The van der Waals surface area contributed by atoms with Gasteiger partial charge in [-0.1, -0.05) is 0 Å². The van der Waals surface area contributed by atoms with Gasteiger partial charge in [0.25, 0.3) is 0 Å². The highest BCUT2D eigenvalue weighted by Gasteiger charge is 2.24. The fourth-order valence-electron chi connectivity index (χ4n) is 3.71. The van der Waals surface area contributed by atoms with Crippen LogP contribution in [0, 0.1) is 0 Å². The first kappa shape index (κ1) is 15.8. The van der Waals surface area contributed by atoms with Gasteiger partial charge in [-0.05, 0) is 51.1 Å². The van der Waals surface area contributed by atoms with Crippen LogP contribution < -0.4 is 5.32 Å². The highest BCUT2D eigenvalue weighted by molar-refractivity contribution is 7.15. The van der Waals surface area contributed by atoms with E-state index in [4.69, 9.17) is 0 Å². The van der Waals surface area contributed by atoms with E-state index in [-0.39, 0.29) is 5.91 Å². The van der Waals surface area contributed by atoms with E-state index in [9.17, 15) is 4.79 Å². The average Bonchev–Trinajstić information content (AvgIpc) is 3.24. The first-order valence-electron chi connectivity index (χ1n) is 8.78. The van der Waals surface area contributed by atoms with E-state index in [1.165, 1.54) is 29.1 Å². The Morgan fingerprint density at radius 1 is 1.38 bits per heavy atom. The normalized spacial score (nSPS) is 21.4. The van der Waals surface area contributed by atoms with Crippen LogP contribution in [0.15, 0.2) is 12.3 Å². The topological polar surface area (TPSA) is 73.9 Å².